The molecule has 1 amide bonds. The van der Waals surface area contributed by atoms with Gasteiger partial charge in [-0.2, -0.15) is 28.2 Å². The van der Waals surface area contributed by atoms with Gasteiger partial charge in [-0.1, -0.05) is 6.07 Å². The van der Waals surface area contributed by atoms with Gasteiger partial charge in [-0.3, -0.25) is 9.89 Å². The minimum atomic E-state index is -4.89. The zero-order chi connectivity index (χ0) is 30.3. The third-order valence-corrected chi connectivity index (χ3v) is 7.70. The molecule has 224 valence electrons. The topological polar surface area (TPSA) is 90.5 Å². The molecule has 1 aliphatic heterocycles. The lowest BCUT2D eigenvalue weighted by molar-refractivity contribution is -0.137. The third kappa shape index (κ3) is 5.44. The van der Waals surface area contributed by atoms with E-state index in [2.05, 4.69) is 20.2 Å². The highest BCUT2D eigenvalue weighted by molar-refractivity contribution is 6.02. The SMILES string of the molecule is Cc1ccc2[nH]ncc2c1-c1c(C(F)(F)F)cc2c(N3C[C@@H](C)N(C=O)C[C@@H]3C)nc(OCCCN(C)C)nc2c1F. The number of rotatable bonds is 8. The van der Waals surface area contributed by atoms with Crippen molar-refractivity contribution < 1.29 is 27.1 Å². The Morgan fingerprint density at radius 3 is 2.57 bits per heavy atom. The molecule has 3 heterocycles. The van der Waals surface area contributed by atoms with Crippen LogP contribution in [0, 0.1) is 12.7 Å². The van der Waals surface area contributed by atoms with E-state index in [1.54, 1.807) is 28.9 Å². The van der Waals surface area contributed by atoms with Gasteiger partial charge in [-0.25, -0.2) is 4.39 Å². The average Bonchev–Trinajstić information content (AvgIpc) is 3.41. The first-order chi connectivity index (χ1) is 19.9. The van der Waals surface area contributed by atoms with Crippen LogP contribution in [0.2, 0.25) is 0 Å². The predicted octanol–water partition coefficient (Wildman–Crippen LogP) is 5.03. The lowest BCUT2D eigenvalue weighted by Crippen LogP contribution is -2.56. The van der Waals surface area contributed by atoms with Gasteiger partial charge in [0.15, 0.2) is 5.82 Å². The molecule has 1 fully saturated rings. The molecule has 1 saturated heterocycles. The number of halogens is 4. The molecule has 2 atom stereocenters. The highest BCUT2D eigenvalue weighted by Gasteiger charge is 2.39. The molecular weight excluding hydrogens is 554 g/mol. The van der Waals surface area contributed by atoms with Crippen molar-refractivity contribution in [2.75, 3.05) is 45.2 Å². The van der Waals surface area contributed by atoms with E-state index in [9.17, 15) is 18.0 Å². The molecule has 0 spiro atoms. The van der Waals surface area contributed by atoms with E-state index < -0.39 is 23.1 Å². The van der Waals surface area contributed by atoms with Crippen molar-refractivity contribution in [3.63, 3.8) is 0 Å². The summed E-state index contributed by atoms with van der Waals surface area (Å²) in [4.78, 5) is 25.8. The van der Waals surface area contributed by atoms with Crippen molar-refractivity contribution >= 4 is 34.0 Å². The van der Waals surface area contributed by atoms with Crippen LogP contribution in [0.1, 0.15) is 31.4 Å². The molecule has 42 heavy (non-hydrogen) atoms. The fraction of sp³-hybridized carbons (Fsp3) is 0.448. The number of alkyl halides is 3. The van der Waals surface area contributed by atoms with E-state index in [1.165, 1.54) is 6.20 Å². The average molecular weight is 588 g/mol. The van der Waals surface area contributed by atoms with Gasteiger partial charge in [-0.15, -0.1) is 0 Å². The number of nitrogens with one attached hydrogen (secondary N) is 1. The predicted molar refractivity (Wildman–Crippen MR) is 152 cm³/mol. The van der Waals surface area contributed by atoms with E-state index in [0.717, 1.165) is 19.0 Å². The maximum absolute atomic E-state index is 16.7. The first-order valence-electron chi connectivity index (χ1n) is 13.7. The number of benzene rings is 2. The number of piperazine rings is 1. The largest absolute Gasteiger partial charge is 0.463 e. The molecule has 5 rings (SSSR count). The first-order valence-corrected chi connectivity index (χ1v) is 13.7. The van der Waals surface area contributed by atoms with Crippen LogP contribution in [0.5, 0.6) is 6.01 Å². The fourth-order valence-electron chi connectivity index (χ4n) is 5.54. The molecule has 0 unspecified atom stereocenters. The number of fused-ring (bicyclic) bond motifs is 2. The van der Waals surface area contributed by atoms with Crippen molar-refractivity contribution in [2.24, 2.45) is 0 Å². The quantitative estimate of drug-likeness (QED) is 0.176. The number of carbonyl (C=O) groups is 1. The molecule has 2 aromatic carbocycles. The van der Waals surface area contributed by atoms with Crippen molar-refractivity contribution in [1.29, 1.82) is 0 Å². The number of aryl methyl sites for hydroxylation is 1. The summed E-state index contributed by atoms with van der Waals surface area (Å²) >= 11 is 0. The zero-order valence-corrected chi connectivity index (χ0v) is 24.1. The number of aromatic nitrogens is 4. The Bertz CT molecular complexity index is 1620. The van der Waals surface area contributed by atoms with Crippen molar-refractivity contribution in [3.05, 3.63) is 41.3 Å². The van der Waals surface area contributed by atoms with Crippen LogP contribution in [-0.4, -0.2) is 88.8 Å². The van der Waals surface area contributed by atoms with Crippen LogP contribution >= 0.6 is 0 Å². The van der Waals surface area contributed by atoms with E-state index in [4.69, 9.17) is 4.74 Å². The maximum atomic E-state index is 16.7. The van der Waals surface area contributed by atoms with Gasteiger partial charge >= 0.3 is 12.2 Å². The molecule has 4 aromatic rings. The minimum absolute atomic E-state index is 0.0835. The number of carbonyl (C=O) groups excluding carboxylic acids is 1. The Morgan fingerprint density at radius 1 is 1.12 bits per heavy atom. The number of amides is 1. The summed E-state index contributed by atoms with van der Waals surface area (Å²) in [6.45, 7) is 6.87. The molecule has 0 saturated carbocycles. The molecule has 1 aliphatic rings. The summed E-state index contributed by atoms with van der Waals surface area (Å²) < 4.78 is 66.8. The smallest absolute Gasteiger partial charge is 0.417 e. The number of ether oxygens (including phenoxy) is 1. The van der Waals surface area contributed by atoms with Crippen LogP contribution in [0.15, 0.2) is 24.4 Å². The zero-order valence-electron chi connectivity index (χ0n) is 24.1. The number of hydrogen-bond donors (Lipinski definition) is 1. The number of nitrogens with zero attached hydrogens (tertiary/aromatic N) is 6. The lowest BCUT2D eigenvalue weighted by Gasteiger charge is -2.43. The molecule has 9 nitrogen and oxygen atoms in total. The molecule has 0 radical (unpaired) electrons. The normalized spacial score (nSPS) is 18.0. The Kier molecular flexibility index (Phi) is 7.97. The summed E-state index contributed by atoms with van der Waals surface area (Å²) in [7, 11) is 3.84. The monoisotopic (exact) mass is 587 g/mol. The van der Waals surface area contributed by atoms with Gasteiger partial charge in [0.05, 0.1) is 23.9 Å². The molecule has 0 bridgehead atoms. The van der Waals surface area contributed by atoms with Crippen LogP contribution in [0.3, 0.4) is 0 Å². The summed E-state index contributed by atoms with van der Waals surface area (Å²) in [5.74, 6) is -0.993. The van der Waals surface area contributed by atoms with Crippen LogP contribution < -0.4 is 9.64 Å². The molecule has 1 N–H and O–H groups in total. The van der Waals surface area contributed by atoms with Crippen LogP contribution in [0.25, 0.3) is 32.9 Å². The molecule has 2 aromatic heterocycles. The van der Waals surface area contributed by atoms with Crippen molar-refractivity contribution in [1.82, 2.24) is 30.0 Å². The summed E-state index contributed by atoms with van der Waals surface area (Å²) in [6, 6.07) is 3.55. The molecule has 13 heteroatoms. The number of aromatic amines is 1. The van der Waals surface area contributed by atoms with Crippen LogP contribution in [-0.2, 0) is 11.0 Å². The first kappa shape index (κ1) is 29.5. The fourth-order valence-corrected chi connectivity index (χ4v) is 5.54. The third-order valence-electron chi connectivity index (χ3n) is 7.70. The van der Waals surface area contributed by atoms with Gasteiger partial charge in [0, 0.05) is 48.1 Å². The van der Waals surface area contributed by atoms with Gasteiger partial charge in [-0.05, 0) is 64.5 Å². The highest BCUT2D eigenvalue weighted by atomic mass is 19.4. The van der Waals surface area contributed by atoms with Gasteiger partial charge < -0.3 is 19.4 Å². The highest BCUT2D eigenvalue weighted by Crippen LogP contribution is 2.46. The standard InChI is InChI=1S/C29H33F4N7O2/c1-16-7-8-22-20(12-34-37-22)23(16)24-21(29(31,32)33)11-19-26(25(24)30)35-28(42-10-6-9-38(4)5)36-27(19)40-14-17(2)39(15-41)13-18(40)3/h7-8,11-12,15,17-18H,6,9-10,13-14H2,1-5H3,(H,34,37)/t17-,18+/m1/s1. The summed E-state index contributed by atoms with van der Waals surface area (Å²) in [6.07, 6.45) is -2.11. The lowest BCUT2D eigenvalue weighted by atomic mass is 9.91. The van der Waals surface area contributed by atoms with Crippen molar-refractivity contribution in [2.45, 2.75) is 45.5 Å². The second kappa shape index (κ2) is 11.3. The van der Waals surface area contributed by atoms with E-state index in [1.807, 2.05) is 32.8 Å². The second-order valence-electron chi connectivity index (χ2n) is 11.1. The van der Waals surface area contributed by atoms with Gasteiger partial charge in [0.25, 0.3) is 0 Å². The molecule has 0 aliphatic carbocycles. The van der Waals surface area contributed by atoms with Crippen LogP contribution in [0.4, 0.5) is 23.4 Å². The second-order valence-corrected chi connectivity index (χ2v) is 11.1. The van der Waals surface area contributed by atoms with E-state index in [-0.39, 0.29) is 53.5 Å². The molecular formula is C29H33F4N7O2. The summed E-state index contributed by atoms with van der Waals surface area (Å²) in [5.41, 5.74) is -0.996. The number of H-pyrrole nitrogens is 1. The maximum Gasteiger partial charge on any atom is 0.417 e. The Morgan fingerprint density at radius 2 is 1.88 bits per heavy atom. The van der Waals surface area contributed by atoms with Crippen molar-refractivity contribution in [3.8, 4) is 17.1 Å². The van der Waals surface area contributed by atoms with Gasteiger partial charge in [0.1, 0.15) is 11.3 Å². The Balaban J connectivity index is 1.77. The van der Waals surface area contributed by atoms with Gasteiger partial charge in [0.2, 0.25) is 6.41 Å². The number of hydrogen-bond acceptors (Lipinski definition) is 7. The minimum Gasteiger partial charge on any atom is -0.463 e. The van der Waals surface area contributed by atoms with E-state index in [0.29, 0.717) is 29.4 Å². The number of anilines is 1. The van der Waals surface area contributed by atoms with E-state index >= 15 is 4.39 Å². The summed E-state index contributed by atoms with van der Waals surface area (Å²) in [5, 5.41) is 7.00. The Labute approximate surface area is 240 Å². The Hall–Kier alpha value is -4.00.